The first-order valence-electron chi connectivity index (χ1n) is 6.94. The highest BCUT2D eigenvalue weighted by molar-refractivity contribution is 5.85. The van der Waals surface area contributed by atoms with E-state index >= 15 is 0 Å². The van der Waals surface area contributed by atoms with Gasteiger partial charge in [0, 0.05) is 12.6 Å². The summed E-state index contributed by atoms with van der Waals surface area (Å²) in [6, 6.07) is 5.80. The SMILES string of the molecule is COc1ccc(CC(=O)N[C@H]2CCCNC2)cc1OC.Cl. The van der Waals surface area contributed by atoms with Gasteiger partial charge in [-0.15, -0.1) is 12.4 Å². The zero-order valence-corrected chi connectivity index (χ0v) is 13.3. The van der Waals surface area contributed by atoms with Crippen molar-refractivity contribution in [1.82, 2.24) is 10.6 Å². The Labute approximate surface area is 131 Å². The number of nitrogens with one attached hydrogen (secondary N) is 2. The Kier molecular flexibility index (Phi) is 7.32. The van der Waals surface area contributed by atoms with Crippen molar-refractivity contribution < 1.29 is 14.3 Å². The third kappa shape index (κ3) is 5.10. The Morgan fingerprint density at radius 3 is 2.71 bits per heavy atom. The predicted molar refractivity (Wildman–Crippen MR) is 84.5 cm³/mol. The number of carbonyl (C=O) groups is 1. The van der Waals surface area contributed by atoms with E-state index in [1.807, 2.05) is 18.2 Å². The van der Waals surface area contributed by atoms with Gasteiger partial charge in [-0.2, -0.15) is 0 Å². The van der Waals surface area contributed by atoms with Crippen LogP contribution in [0.25, 0.3) is 0 Å². The molecule has 1 saturated heterocycles. The van der Waals surface area contributed by atoms with E-state index in [9.17, 15) is 4.79 Å². The number of hydrogen-bond donors (Lipinski definition) is 2. The number of piperidine rings is 1. The van der Waals surface area contributed by atoms with Crippen LogP contribution in [0.15, 0.2) is 18.2 Å². The van der Waals surface area contributed by atoms with Crippen molar-refractivity contribution in [3.05, 3.63) is 23.8 Å². The van der Waals surface area contributed by atoms with Crippen molar-refractivity contribution >= 4 is 18.3 Å². The minimum Gasteiger partial charge on any atom is -0.493 e. The maximum Gasteiger partial charge on any atom is 0.224 e. The van der Waals surface area contributed by atoms with Crippen LogP contribution in [0.3, 0.4) is 0 Å². The summed E-state index contributed by atoms with van der Waals surface area (Å²) in [5, 5.41) is 6.35. The van der Waals surface area contributed by atoms with Gasteiger partial charge in [-0.25, -0.2) is 0 Å². The molecule has 2 N–H and O–H groups in total. The lowest BCUT2D eigenvalue weighted by molar-refractivity contribution is -0.121. The summed E-state index contributed by atoms with van der Waals surface area (Å²) in [5.41, 5.74) is 0.920. The van der Waals surface area contributed by atoms with Crippen molar-refractivity contribution in [3.8, 4) is 11.5 Å². The van der Waals surface area contributed by atoms with Crippen LogP contribution < -0.4 is 20.1 Å². The normalized spacial score (nSPS) is 17.5. The molecule has 0 aliphatic carbocycles. The van der Waals surface area contributed by atoms with Crippen molar-refractivity contribution in [2.45, 2.75) is 25.3 Å². The summed E-state index contributed by atoms with van der Waals surface area (Å²) in [5.74, 6) is 1.37. The van der Waals surface area contributed by atoms with Crippen LogP contribution in [0.4, 0.5) is 0 Å². The van der Waals surface area contributed by atoms with Gasteiger partial charge in [-0.05, 0) is 37.1 Å². The van der Waals surface area contributed by atoms with Crippen molar-refractivity contribution in [2.75, 3.05) is 27.3 Å². The molecule has 1 atom stereocenters. The molecule has 0 unspecified atom stereocenters. The Hall–Kier alpha value is -1.46. The highest BCUT2D eigenvalue weighted by Crippen LogP contribution is 2.27. The van der Waals surface area contributed by atoms with E-state index < -0.39 is 0 Å². The van der Waals surface area contributed by atoms with E-state index in [2.05, 4.69) is 10.6 Å². The van der Waals surface area contributed by atoms with E-state index in [1.54, 1.807) is 14.2 Å². The molecule has 1 aromatic rings. The number of amides is 1. The van der Waals surface area contributed by atoms with Gasteiger partial charge in [0.05, 0.1) is 20.6 Å². The molecule has 0 aromatic heterocycles. The molecule has 2 rings (SSSR count). The minimum atomic E-state index is 0. The second-order valence-corrected chi connectivity index (χ2v) is 4.98. The molecule has 1 amide bonds. The molecule has 5 nitrogen and oxygen atoms in total. The number of rotatable bonds is 5. The molecule has 0 radical (unpaired) electrons. The molecular weight excluding hydrogens is 292 g/mol. The van der Waals surface area contributed by atoms with Crippen molar-refractivity contribution in [1.29, 1.82) is 0 Å². The van der Waals surface area contributed by atoms with E-state index in [0.717, 1.165) is 31.5 Å². The standard InChI is InChI=1S/C15H22N2O3.ClH/c1-19-13-6-5-11(8-14(13)20-2)9-15(18)17-12-4-3-7-16-10-12;/h5-6,8,12,16H,3-4,7,9-10H2,1-2H3,(H,17,18);1H/t12-;/m0./s1. The molecule has 118 valence electrons. The third-order valence-corrected chi connectivity index (χ3v) is 3.47. The molecule has 0 bridgehead atoms. The third-order valence-electron chi connectivity index (χ3n) is 3.47. The lowest BCUT2D eigenvalue weighted by Gasteiger charge is -2.23. The van der Waals surface area contributed by atoms with E-state index in [-0.39, 0.29) is 24.4 Å². The number of hydrogen-bond acceptors (Lipinski definition) is 4. The fourth-order valence-corrected chi connectivity index (χ4v) is 2.43. The zero-order chi connectivity index (χ0) is 14.4. The number of ether oxygens (including phenoxy) is 2. The molecule has 6 heteroatoms. The highest BCUT2D eigenvalue weighted by atomic mass is 35.5. The Balaban J connectivity index is 0.00000220. The average molecular weight is 315 g/mol. The van der Waals surface area contributed by atoms with E-state index in [0.29, 0.717) is 17.9 Å². The van der Waals surface area contributed by atoms with Gasteiger partial charge in [0.15, 0.2) is 11.5 Å². The van der Waals surface area contributed by atoms with Gasteiger partial charge in [-0.3, -0.25) is 4.79 Å². The summed E-state index contributed by atoms with van der Waals surface area (Å²) in [6.45, 7) is 1.90. The molecule has 1 aromatic carbocycles. The van der Waals surface area contributed by atoms with Gasteiger partial charge < -0.3 is 20.1 Å². The molecule has 0 saturated carbocycles. The predicted octanol–water partition coefficient (Wildman–Crippen LogP) is 1.54. The number of carbonyl (C=O) groups excluding carboxylic acids is 1. The summed E-state index contributed by atoms with van der Waals surface area (Å²) in [6.07, 6.45) is 2.52. The molecule has 21 heavy (non-hydrogen) atoms. The first kappa shape index (κ1) is 17.6. The number of methoxy groups -OCH3 is 2. The fourth-order valence-electron chi connectivity index (χ4n) is 2.43. The topological polar surface area (TPSA) is 59.6 Å². The summed E-state index contributed by atoms with van der Waals surface area (Å²) in [4.78, 5) is 12.0. The van der Waals surface area contributed by atoms with Crippen LogP contribution in [-0.2, 0) is 11.2 Å². The van der Waals surface area contributed by atoms with Crippen LogP contribution in [0.5, 0.6) is 11.5 Å². The molecule has 1 fully saturated rings. The number of halogens is 1. The van der Waals surface area contributed by atoms with Crippen LogP contribution in [0.2, 0.25) is 0 Å². The maximum atomic E-state index is 12.0. The van der Waals surface area contributed by atoms with Crippen LogP contribution >= 0.6 is 12.4 Å². The van der Waals surface area contributed by atoms with Gasteiger partial charge >= 0.3 is 0 Å². The van der Waals surface area contributed by atoms with Crippen molar-refractivity contribution in [2.24, 2.45) is 0 Å². The zero-order valence-electron chi connectivity index (χ0n) is 12.5. The highest BCUT2D eigenvalue weighted by Gasteiger charge is 2.16. The molecule has 1 aliphatic heterocycles. The van der Waals surface area contributed by atoms with E-state index in [1.165, 1.54) is 0 Å². The van der Waals surface area contributed by atoms with Gasteiger partial charge in [-0.1, -0.05) is 6.07 Å². The average Bonchev–Trinajstić information content (AvgIpc) is 2.48. The molecule has 0 spiro atoms. The first-order valence-corrected chi connectivity index (χ1v) is 6.94. The molecular formula is C15H23ClN2O3. The fraction of sp³-hybridized carbons (Fsp3) is 0.533. The van der Waals surface area contributed by atoms with Crippen LogP contribution in [0.1, 0.15) is 18.4 Å². The van der Waals surface area contributed by atoms with Crippen LogP contribution in [0, 0.1) is 0 Å². The van der Waals surface area contributed by atoms with Gasteiger partial charge in [0.25, 0.3) is 0 Å². The molecule has 1 heterocycles. The Morgan fingerprint density at radius 1 is 1.33 bits per heavy atom. The summed E-state index contributed by atoms with van der Waals surface area (Å²) < 4.78 is 10.4. The maximum absolute atomic E-state index is 12.0. The Bertz CT molecular complexity index is 462. The quantitative estimate of drug-likeness (QED) is 0.865. The van der Waals surface area contributed by atoms with Crippen molar-refractivity contribution in [3.63, 3.8) is 0 Å². The lowest BCUT2D eigenvalue weighted by atomic mass is 10.1. The second kappa shape index (κ2) is 8.74. The monoisotopic (exact) mass is 314 g/mol. The lowest BCUT2D eigenvalue weighted by Crippen LogP contribution is -2.46. The smallest absolute Gasteiger partial charge is 0.224 e. The van der Waals surface area contributed by atoms with E-state index in [4.69, 9.17) is 9.47 Å². The van der Waals surface area contributed by atoms with Crippen LogP contribution in [-0.4, -0.2) is 39.3 Å². The second-order valence-electron chi connectivity index (χ2n) is 4.98. The summed E-state index contributed by atoms with van der Waals surface area (Å²) >= 11 is 0. The largest absolute Gasteiger partial charge is 0.493 e. The molecule has 1 aliphatic rings. The summed E-state index contributed by atoms with van der Waals surface area (Å²) in [7, 11) is 3.19. The van der Waals surface area contributed by atoms with Gasteiger partial charge in [0.1, 0.15) is 0 Å². The minimum absolute atomic E-state index is 0. The van der Waals surface area contributed by atoms with Gasteiger partial charge in [0.2, 0.25) is 5.91 Å². The number of benzene rings is 1. The Morgan fingerprint density at radius 2 is 2.10 bits per heavy atom. The first-order chi connectivity index (χ1) is 9.72.